The van der Waals surface area contributed by atoms with Crippen LogP contribution in [-0.4, -0.2) is 20.8 Å². The van der Waals surface area contributed by atoms with Crippen molar-refractivity contribution in [2.75, 3.05) is 5.32 Å². The third-order valence-corrected chi connectivity index (χ3v) is 2.81. The lowest BCUT2D eigenvalue weighted by Crippen LogP contribution is -2.23. The van der Waals surface area contributed by atoms with Gasteiger partial charge in [0.05, 0.1) is 6.20 Å². The van der Waals surface area contributed by atoms with Crippen LogP contribution in [0.2, 0.25) is 5.02 Å². The minimum atomic E-state index is -1.62. The van der Waals surface area contributed by atoms with Gasteiger partial charge in [-0.25, -0.2) is 4.39 Å². The summed E-state index contributed by atoms with van der Waals surface area (Å²) in [6.07, 6.45) is -0.127. The highest BCUT2D eigenvalue weighted by Crippen LogP contribution is 2.22. The third kappa shape index (κ3) is 2.91. The topological polar surface area (TPSA) is 67.2 Å². The Balaban J connectivity index is 2.17. The summed E-state index contributed by atoms with van der Waals surface area (Å²) in [6, 6.07) is 5.27. The summed E-state index contributed by atoms with van der Waals surface area (Å²) >= 11 is 5.60. The van der Waals surface area contributed by atoms with E-state index >= 15 is 0 Å². The number of anilines is 1. The van der Waals surface area contributed by atoms with Crippen molar-refractivity contribution in [1.29, 1.82) is 0 Å². The number of aliphatic hydroxyl groups excluding tert-OH is 1. The van der Waals surface area contributed by atoms with Crippen molar-refractivity contribution in [2.45, 2.75) is 6.10 Å². The van der Waals surface area contributed by atoms with Gasteiger partial charge in [-0.3, -0.25) is 9.48 Å². The first-order chi connectivity index (χ1) is 8.99. The van der Waals surface area contributed by atoms with Crippen molar-refractivity contribution in [1.82, 2.24) is 9.78 Å². The Kier molecular flexibility index (Phi) is 3.82. The zero-order chi connectivity index (χ0) is 14.0. The molecule has 1 unspecified atom stereocenters. The van der Waals surface area contributed by atoms with Gasteiger partial charge in [-0.05, 0) is 12.1 Å². The Morgan fingerprint density at radius 1 is 1.53 bits per heavy atom. The molecule has 1 atom stereocenters. The maximum absolute atomic E-state index is 13.6. The molecule has 0 aliphatic rings. The number of halogens is 2. The molecule has 2 N–H and O–H groups in total. The number of aromatic nitrogens is 2. The van der Waals surface area contributed by atoms with E-state index in [2.05, 4.69) is 10.4 Å². The number of carbonyl (C=O) groups is 1. The van der Waals surface area contributed by atoms with Crippen LogP contribution in [0.25, 0.3) is 0 Å². The summed E-state index contributed by atoms with van der Waals surface area (Å²) in [5.74, 6) is -1.08. The molecule has 0 saturated carbocycles. The van der Waals surface area contributed by atoms with Gasteiger partial charge in [-0.2, -0.15) is 5.10 Å². The van der Waals surface area contributed by atoms with Crippen LogP contribution in [-0.2, 0) is 11.8 Å². The minimum absolute atomic E-state index is 0.135. The van der Waals surface area contributed by atoms with Crippen LogP contribution in [0.3, 0.4) is 0 Å². The molecule has 0 saturated heterocycles. The average Bonchev–Trinajstić information content (AvgIpc) is 2.74. The zero-order valence-electron chi connectivity index (χ0n) is 9.97. The molecule has 2 aromatic rings. The van der Waals surface area contributed by atoms with Crippen LogP contribution in [0.4, 0.5) is 10.2 Å². The second-order valence-corrected chi connectivity index (χ2v) is 4.33. The van der Waals surface area contributed by atoms with Crippen LogP contribution in [0.1, 0.15) is 11.7 Å². The molecule has 7 heteroatoms. The van der Waals surface area contributed by atoms with Gasteiger partial charge in [0.2, 0.25) is 0 Å². The summed E-state index contributed by atoms with van der Waals surface area (Å²) in [4.78, 5) is 11.8. The minimum Gasteiger partial charge on any atom is -0.378 e. The van der Waals surface area contributed by atoms with E-state index in [-0.39, 0.29) is 10.6 Å². The molecule has 19 heavy (non-hydrogen) atoms. The maximum Gasteiger partial charge on any atom is 0.259 e. The maximum atomic E-state index is 13.6. The third-order valence-electron chi connectivity index (χ3n) is 2.58. The normalized spacial score (nSPS) is 12.2. The highest BCUT2D eigenvalue weighted by molar-refractivity contribution is 6.30. The molecule has 1 aromatic carbocycles. The molecule has 1 aromatic heterocycles. The lowest BCUT2D eigenvalue weighted by atomic mass is 10.1. The molecule has 0 bridgehead atoms. The number of amides is 1. The molecule has 1 amide bonds. The molecule has 0 fully saturated rings. The van der Waals surface area contributed by atoms with Crippen LogP contribution in [0.15, 0.2) is 30.5 Å². The lowest BCUT2D eigenvalue weighted by Gasteiger charge is -2.12. The Morgan fingerprint density at radius 3 is 2.84 bits per heavy atom. The number of nitrogens with one attached hydrogen (secondary N) is 1. The molecule has 5 nitrogen and oxygen atoms in total. The van der Waals surface area contributed by atoms with Crippen molar-refractivity contribution in [3.8, 4) is 0 Å². The molecule has 0 aliphatic heterocycles. The first-order valence-corrected chi connectivity index (χ1v) is 5.78. The Bertz CT molecular complexity index is 615. The standard InChI is InChI=1S/C12H11ClFN3O2/c1-17-10(4-5-15-17)16-12(19)11(18)8-3-2-7(13)6-9(8)14/h2-6,11,18H,1H3,(H,16,19). The molecule has 0 aliphatic carbocycles. The number of nitrogens with zero attached hydrogens (tertiary/aromatic N) is 2. The largest absolute Gasteiger partial charge is 0.378 e. The van der Waals surface area contributed by atoms with Crippen molar-refractivity contribution in [3.63, 3.8) is 0 Å². The molecule has 0 spiro atoms. The first-order valence-electron chi connectivity index (χ1n) is 5.41. The zero-order valence-corrected chi connectivity index (χ0v) is 10.7. The second-order valence-electron chi connectivity index (χ2n) is 3.90. The first kappa shape index (κ1) is 13.5. The smallest absolute Gasteiger partial charge is 0.259 e. The average molecular weight is 284 g/mol. The Labute approximate surface area is 113 Å². The van der Waals surface area contributed by atoms with Crippen molar-refractivity contribution < 1.29 is 14.3 Å². The fourth-order valence-corrected chi connectivity index (χ4v) is 1.71. The molecule has 2 rings (SSSR count). The quantitative estimate of drug-likeness (QED) is 0.904. The molecule has 0 radical (unpaired) electrons. The second kappa shape index (κ2) is 5.38. The fourth-order valence-electron chi connectivity index (χ4n) is 1.56. The van der Waals surface area contributed by atoms with Crippen LogP contribution < -0.4 is 5.32 Å². The number of hydrogen-bond acceptors (Lipinski definition) is 3. The van der Waals surface area contributed by atoms with E-state index in [1.54, 1.807) is 13.1 Å². The van der Waals surface area contributed by atoms with Gasteiger partial charge >= 0.3 is 0 Å². The summed E-state index contributed by atoms with van der Waals surface area (Å²) in [7, 11) is 1.63. The van der Waals surface area contributed by atoms with Gasteiger partial charge in [0, 0.05) is 23.7 Å². The van der Waals surface area contributed by atoms with E-state index < -0.39 is 17.8 Å². The number of benzene rings is 1. The summed E-state index contributed by atoms with van der Waals surface area (Å²) in [5, 5.41) is 16.3. The van der Waals surface area contributed by atoms with E-state index in [9.17, 15) is 14.3 Å². The van der Waals surface area contributed by atoms with Gasteiger partial charge in [-0.1, -0.05) is 17.7 Å². The summed E-state index contributed by atoms with van der Waals surface area (Å²) in [6.45, 7) is 0. The fraction of sp³-hybridized carbons (Fsp3) is 0.167. The van der Waals surface area contributed by atoms with Crippen LogP contribution in [0.5, 0.6) is 0 Å². The van der Waals surface area contributed by atoms with E-state index in [4.69, 9.17) is 11.6 Å². The van der Waals surface area contributed by atoms with Crippen molar-refractivity contribution >= 4 is 23.3 Å². The van der Waals surface area contributed by atoms with Gasteiger partial charge in [0.1, 0.15) is 11.6 Å². The van der Waals surface area contributed by atoms with Gasteiger partial charge in [-0.15, -0.1) is 0 Å². The Morgan fingerprint density at radius 2 is 2.26 bits per heavy atom. The summed E-state index contributed by atoms with van der Waals surface area (Å²) in [5.41, 5.74) is -0.135. The Hall–Kier alpha value is -1.92. The van der Waals surface area contributed by atoms with E-state index in [1.807, 2.05) is 0 Å². The van der Waals surface area contributed by atoms with E-state index in [1.165, 1.54) is 23.0 Å². The van der Waals surface area contributed by atoms with E-state index in [0.29, 0.717) is 5.82 Å². The van der Waals surface area contributed by atoms with Crippen LogP contribution in [0, 0.1) is 5.82 Å². The molecular weight excluding hydrogens is 273 g/mol. The number of rotatable bonds is 3. The lowest BCUT2D eigenvalue weighted by molar-refractivity contribution is -0.124. The number of aryl methyl sites for hydroxylation is 1. The molecule has 100 valence electrons. The summed E-state index contributed by atoms with van der Waals surface area (Å²) < 4.78 is 15.0. The van der Waals surface area contributed by atoms with E-state index in [0.717, 1.165) is 6.07 Å². The monoisotopic (exact) mass is 283 g/mol. The number of aliphatic hydroxyl groups is 1. The van der Waals surface area contributed by atoms with Gasteiger partial charge < -0.3 is 10.4 Å². The van der Waals surface area contributed by atoms with Crippen LogP contribution >= 0.6 is 11.6 Å². The number of hydrogen-bond donors (Lipinski definition) is 2. The van der Waals surface area contributed by atoms with Crippen molar-refractivity contribution in [2.24, 2.45) is 7.05 Å². The predicted octanol–water partition coefficient (Wildman–Crippen LogP) is 1.88. The SMILES string of the molecule is Cn1nccc1NC(=O)C(O)c1ccc(Cl)cc1F. The molecular formula is C12H11ClFN3O2. The molecule has 1 heterocycles. The predicted molar refractivity (Wildman–Crippen MR) is 68.2 cm³/mol. The highest BCUT2D eigenvalue weighted by Gasteiger charge is 2.21. The highest BCUT2D eigenvalue weighted by atomic mass is 35.5. The van der Waals surface area contributed by atoms with Gasteiger partial charge in [0.25, 0.3) is 5.91 Å². The van der Waals surface area contributed by atoms with Crippen molar-refractivity contribution in [3.05, 3.63) is 46.9 Å². The number of carbonyl (C=O) groups excluding carboxylic acids is 1. The van der Waals surface area contributed by atoms with Gasteiger partial charge in [0.15, 0.2) is 6.10 Å².